The molecule has 0 radical (unpaired) electrons. The van der Waals surface area contributed by atoms with Crippen LogP contribution in [0.15, 0.2) is 0 Å². The maximum absolute atomic E-state index is 11.6. The van der Waals surface area contributed by atoms with Crippen LogP contribution in [0.5, 0.6) is 0 Å². The van der Waals surface area contributed by atoms with Gasteiger partial charge in [0.2, 0.25) is 0 Å². The van der Waals surface area contributed by atoms with E-state index in [4.69, 9.17) is 4.74 Å². The fourth-order valence-electron chi connectivity index (χ4n) is 5.41. The van der Waals surface area contributed by atoms with Gasteiger partial charge in [-0.1, -0.05) is 20.8 Å². The molecule has 1 aliphatic heterocycles. The van der Waals surface area contributed by atoms with Crippen LogP contribution in [0.3, 0.4) is 0 Å². The van der Waals surface area contributed by atoms with Crippen molar-refractivity contribution in [3.63, 3.8) is 0 Å². The zero-order valence-corrected chi connectivity index (χ0v) is 11.6. The SMILES string of the molecule is CC(C)[C@H]1CCC2(C)[C@H]3CO[C@]2(CO)C(C=O)C13. The Hall–Kier alpha value is -0.410. The third-order valence-corrected chi connectivity index (χ3v) is 6.45. The van der Waals surface area contributed by atoms with Crippen molar-refractivity contribution in [3.05, 3.63) is 0 Å². The van der Waals surface area contributed by atoms with Gasteiger partial charge >= 0.3 is 0 Å². The summed E-state index contributed by atoms with van der Waals surface area (Å²) < 4.78 is 5.96. The van der Waals surface area contributed by atoms with E-state index in [2.05, 4.69) is 20.8 Å². The van der Waals surface area contributed by atoms with E-state index in [1.807, 2.05) is 0 Å². The average Bonchev–Trinajstić information content (AvgIpc) is 2.71. The summed E-state index contributed by atoms with van der Waals surface area (Å²) in [5.41, 5.74) is -0.586. The quantitative estimate of drug-likeness (QED) is 0.780. The molecule has 4 bridgehead atoms. The van der Waals surface area contributed by atoms with E-state index in [0.29, 0.717) is 23.7 Å². The summed E-state index contributed by atoms with van der Waals surface area (Å²) in [5, 5.41) is 9.90. The first-order valence-electron chi connectivity index (χ1n) is 7.22. The number of aldehydes is 1. The van der Waals surface area contributed by atoms with E-state index < -0.39 is 5.60 Å². The van der Waals surface area contributed by atoms with E-state index >= 15 is 0 Å². The Balaban J connectivity index is 2.08. The molecule has 0 aromatic rings. The van der Waals surface area contributed by atoms with Crippen molar-refractivity contribution >= 4 is 6.29 Å². The molecule has 3 unspecified atom stereocenters. The third-order valence-electron chi connectivity index (χ3n) is 6.45. The van der Waals surface area contributed by atoms with Gasteiger partial charge in [-0.2, -0.15) is 0 Å². The molecule has 18 heavy (non-hydrogen) atoms. The second-order valence-corrected chi connectivity index (χ2v) is 7.07. The molecule has 6 atom stereocenters. The van der Waals surface area contributed by atoms with E-state index in [9.17, 15) is 9.90 Å². The number of carbonyl (C=O) groups is 1. The zero-order chi connectivity index (χ0) is 13.1. The number of hydrogen-bond acceptors (Lipinski definition) is 3. The number of aliphatic hydroxyl groups is 1. The van der Waals surface area contributed by atoms with Gasteiger partial charge in [0.05, 0.1) is 13.2 Å². The van der Waals surface area contributed by atoms with Crippen LogP contribution >= 0.6 is 0 Å². The lowest BCUT2D eigenvalue weighted by molar-refractivity contribution is -0.148. The Bertz CT molecular complexity index is 367. The molecule has 2 saturated carbocycles. The molecule has 0 aromatic heterocycles. The number of hydrogen-bond donors (Lipinski definition) is 1. The number of carbonyl (C=O) groups excluding carboxylic acids is 1. The first-order valence-corrected chi connectivity index (χ1v) is 7.22. The molecule has 1 N–H and O–H groups in total. The van der Waals surface area contributed by atoms with Crippen LogP contribution in [-0.2, 0) is 9.53 Å². The van der Waals surface area contributed by atoms with Crippen molar-refractivity contribution in [2.24, 2.45) is 35.0 Å². The normalized spacial score (nSPS) is 54.1. The number of ether oxygens (including phenoxy) is 1. The minimum Gasteiger partial charge on any atom is -0.393 e. The molecule has 0 spiro atoms. The second kappa shape index (κ2) is 3.80. The third kappa shape index (κ3) is 1.16. The Kier molecular flexibility index (Phi) is 2.66. The number of rotatable bonds is 3. The molecule has 102 valence electrons. The smallest absolute Gasteiger partial charge is 0.126 e. The topological polar surface area (TPSA) is 46.5 Å². The Morgan fingerprint density at radius 3 is 2.78 bits per heavy atom. The number of aliphatic hydroxyl groups excluding tert-OH is 1. The van der Waals surface area contributed by atoms with Crippen LogP contribution in [0.1, 0.15) is 33.6 Å². The molecule has 1 saturated heterocycles. The lowest BCUT2D eigenvalue weighted by atomic mass is 9.61. The van der Waals surface area contributed by atoms with E-state index in [0.717, 1.165) is 19.3 Å². The van der Waals surface area contributed by atoms with Gasteiger partial charge in [-0.15, -0.1) is 0 Å². The van der Waals surface area contributed by atoms with Gasteiger partial charge in [0.25, 0.3) is 0 Å². The van der Waals surface area contributed by atoms with Gasteiger partial charge in [0.1, 0.15) is 11.9 Å². The van der Waals surface area contributed by atoms with E-state index in [-0.39, 0.29) is 17.9 Å². The van der Waals surface area contributed by atoms with Crippen LogP contribution in [0, 0.1) is 35.0 Å². The summed E-state index contributed by atoms with van der Waals surface area (Å²) in [6.07, 6.45) is 3.33. The predicted molar refractivity (Wildman–Crippen MR) is 68.0 cm³/mol. The van der Waals surface area contributed by atoms with Gasteiger partial charge in [-0.3, -0.25) is 0 Å². The predicted octanol–water partition coefficient (Wildman–Crippen LogP) is 1.88. The van der Waals surface area contributed by atoms with Crippen molar-refractivity contribution in [1.29, 1.82) is 0 Å². The summed E-state index contributed by atoms with van der Waals surface area (Å²) in [6.45, 7) is 7.47. The fraction of sp³-hybridized carbons (Fsp3) is 0.933. The van der Waals surface area contributed by atoms with Gasteiger partial charge < -0.3 is 14.6 Å². The molecule has 2 aliphatic carbocycles. The van der Waals surface area contributed by atoms with Gasteiger partial charge in [0, 0.05) is 11.3 Å². The highest BCUT2D eigenvalue weighted by Crippen LogP contribution is 2.70. The van der Waals surface area contributed by atoms with Crippen molar-refractivity contribution in [2.45, 2.75) is 39.2 Å². The molecule has 3 nitrogen and oxygen atoms in total. The Morgan fingerprint density at radius 1 is 1.50 bits per heavy atom. The monoisotopic (exact) mass is 252 g/mol. The minimum absolute atomic E-state index is 0.00336. The Labute approximate surface area is 109 Å². The molecule has 3 fully saturated rings. The first-order chi connectivity index (χ1) is 8.52. The summed E-state index contributed by atoms with van der Waals surface area (Å²) >= 11 is 0. The van der Waals surface area contributed by atoms with Gasteiger partial charge in [-0.25, -0.2) is 0 Å². The molecule has 3 heteroatoms. The van der Waals surface area contributed by atoms with E-state index in [1.54, 1.807) is 0 Å². The van der Waals surface area contributed by atoms with Crippen molar-refractivity contribution in [1.82, 2.24) is 0 Å². The van der Waals surface area contributed by atoms with Crippen molar-refractivity contribution in [2.75, 3.05) is 13.2 Å². The molecule has 0 amide bonds. The Morgan fingerprint density at radius 2 is 2.22 bits per heavy atom. The minimum atomic E-state index is -0.590. The van der Waals surface area contributed by atoms with Crippen LogP contribution in [0.25, 0.3) is 0 Å². The maximum Gasteiger partial charge on any atom is 0.126 e. The van der Waals surface area contributed by atoms with Crippen molar-refractivity contribution in [3.8, 4) is 0 Å². The van der Waals surface area contributed by atoms with E-state index in [1.165, 1.54) is 6.42 Å². The summed E-state index contributed by atoms with van der Waals surface area (Å²) in [7, 11) is 0. The standard InChI is InChI=1S/C15H24O3/c1-9(2)10-4-5-14(3)12-7-18-15(14,8-17)11(6-16)13(10)12/h6,9-13,17H,4-5,7-8H2,1-3H3/t10-,11?,12+,13?,14?,15-/m1/s1. The van der Waals surface area contributed by atoms with Crippen LogP contribution in [-0.4, -0.2) is 30.2 Å². The first kappa shape index (κ1) is 12.6. The van der Waals surface area contributed by atoms with Gasteiger partial charge in [-0.05, 0) is 36.5 Å². The van der Waals surface area contributed by atoms with Gasteiger partial charge in [0.15, 0.2) is 0 Å². The highest BCUT2D eigenvalue weighted by Gasteiger charge is 2.74. The fourth-order valence-corrected chi connectivity index (χ4v) is 5.41. The largest absolute Gasteiger partial charge is 0.393 e. The molecule has 3 rings (SSSR count). The molecule has 3 aliphatic rings. The van der Waals surface area contributed by atoms with Crippen LogP contribution in [0.4, 0.5) is 0 Å². The average molecular weight is 252 g/mol. The summed E-state index contributed by atoms with van der Waals surface area (Å²) in [5.74, 6) is 1.98. The maximum atomic E-state index is 11.6. The summed E-state index contributed by atoms with van der Waals surface area (Å²) in [6, 6.07) is 0. The second-order valence-electron chi connectivity index (χ2n) is 7.07. The molecular weight excluding hydrogens is 228 g/mol. The molecule has 1 heterocycles. The van der Waals surface area contributed by atoms with Crippen molar-refractivity contribution < 1.29 is 14.6 Å². The zero-order valence-electron chi connectivity index (χ0n) is 11.6. The van der Waals surface area contributed by atoms with Crippen LogP contribution in [0.2, 0.25) is 0 Å². The lowest BCUT2D eigenvalue weighted by Crippen LogP contribution is -2.50. The summed E-state index contributed by atoms with van der Waals surface area (Å²) in [4.78, 5) is 11.6. The highest BCUT2D eigenvalue weighted by atomic mass is 16.5. The lowest BCUT2D eigenvalue weighted by Gasteiger charge is -2.42. The molecular formula is C15H24O3. The highest BCUT2D eigenvalue weighted by molar-refractivity contribution is 5.60. The van der Waals surface area contributed by atoms with Crippen LogP contribution < -0.4 is 0 Å². The molecule has 0 aromatic carbocycles.